The zero-order chi connectivity index (χ0) is 14.3. The summed E-state index contributed by atoms with van der Waals surface area (Å²) >= 11 is 0. The molecule has 1 N–H and O–H groups in total. The van der Waals surface area contributed by atoms with Gasteiger partial charge in [-0.15, -0.1) is 0 Å². The van der Waals surface area contributed by atoms with E-state index in [0.29, 0.717) is 18.4 Å². The van der Waals surface area contributed by atoms with Gasteiger partial charge in [0.1, 0.15) is 6.29 Å². The lowest BCUT2D eigenvalue weighted by Crippen LogP contribution is -2.39. The maximum atomic E-state index is 12.1. The Morgan fingerprint density at radius 1 is 1.35 bits per heavy atom. The van der Waals surface area contributed by atoms with E-state index in [9.17, 15) is 14.4 Å². The highest BCUT2D eigenvalue weighted by atomic mass is 16.2. The number of imide groups is 1. The number of nitrogens with zero attached hydrogens (tertiary/aromatic N) is 1. The molecule has 1 aromatic carbocycles. The van der Waals surface area contributed by atoms with Gasteiger partial charge in [0.05, 0.1) is 11.4 Å². The third-order valence-electron chi connectivity index (χ3n) is 3.77. The van der Waals surface area contributed by atoms with Gasteiger partial charge in [-0.1, -0.05) is 0 Å². The van der Waals surface area contributed by atoms with Crippen molar-refractivity contribution >= 4 is 29.0 Å². The van der Waals surface area contributed by atoms with Crippen molar-refractivity contribution in [1.29, 1.82) is 0 Å². The maximum absolute atomic E-state index is 12.1. The van der Waals surface area contributed by atoms with E-state index in [-0.39, 0.29) is 17.7 Å². The molecule has 1 atom stereocenters. The molecule has 1 aromatic heterocycles. The molecule has 0 spiro atoms. The van der Waals surface area contributed by atoms with Crippen molar-refractivity contribution in [3.05, 3.63) is 35.5 Å². The molecule has 2 amide bonds. The molecule has 102 valence electrons. The number of aldehydes is 1. The number of rotatable bonds is 2. The van der Waals surface area contributed by atoms with Crippen LogP contribution in [0.2, 0.25) is 0 Å². The van der Waals surface area contributed by atoms with E-state index in [4.69, 9.17) is 0 Å². The Morgan fingerprint density at radius 3 is 2.85 bits per heavy atom. The summed E-state index contributed by atoms with van der Waals surface area (Å²) in [6.45, 7) is 0. The predicted molar refractivity (Wildman–Crippen MR) is 73.4 cm³/mol. The number of carbonyl (C=O) groups is 3. The summed E-state index contributed by atoms with van der Waals surface area (Å²) < 4.78 is 1.93. The van der Waals surface area contributed by atoms with Crippen molar-refractivity contribution in [2.45, 2.75) is 18.8 Å². The lowest BCUT2D eigenvalue weighted by Gasteiger charge is -2.22. The Balaban J connectivity index is 2.18. The third-order valence-corrected chi connectivity index (χ3v) is 3.77. The molecule has 5 heteroatoms. The summed E-state index contributed by atoms with van der Waals surface area (Å²) in [6, 6.07) is 5.46. The first-order chi connectivity index (χ1) is 9.60. The predicted octanol–water partition coefficient (Wildman–Crippen LogP) is 1.51. The molecular formula is C15H14N2O3. The molecule has 0 saturated carbocycles. The Morgan fingerprint density at radius 2 is 2.15 bits per heavy atom. The van der Waals surface area contributed by atoms with Gasteiger partial charge < -0.3 is 4.57 Å². The fraction of sp³-hybridized carbons (Fsp3) is 0.267. The fourth-order valence-corrected chi connectivity index (χ4v) is 2.83. The zero-order valence-electron chi connectivity index (χ0n) is 11.1. The summed E-state index contributed by atoms with van der Waals surface area (Å²) in [5, 5.41) is 3.29. The average Bonchev–Trinajstić information content (AvgIpc) is 2.80. The van der Waals surface area contributed by atoms with Crippen LogP contribution < -0.4 is 5.32 Å². The molecule has 1 aliphatic heterocycles. The Hall–Kier alpha value is -2.43. The number of piperidine rings is 1. The number of carbonyl (C=O) groups excluding carboxylic acids is 3. The van der Waals surface area contributed by atoms with Gasteiger partial charge in [-0.05, 0) is 30.2 Å². The second-order valence-corrected chi connectivity index (χ2v) is 5.10. The molecule has 2 heterocycles. The number of aromatic nitrogens is 1. The van der Waals surface area contributed by atoms with Gasteiger partial charge in [-0.25, -0.2) is 0 Å². The van der Waals surface area contributed by atoms with Gasteiger partial charge in [-0.2, -0.15) is 0 Å². The van der Waals surface area contributed by atoms with Crippen LogP contribution in [-0.2, 0) is 16.6 Å². The van der Waals surface area contributed by atoms with Crippen LogP contribution in [0, 0.1) is 0 Å². The summed E-state index contributed by atoms with van der Waals surface area (Å²) in [5.41, 5.74) is 2.29. The highest BCUT2D eigenvalue weighted by molar-refractivity contribution is 6.03. The molecule has 20 heavy (non-hydrogen) atoms. The van der Waals surface area contributed by atoms with E-state index in [1.54, 1.807) is 12.1 Å². The van der Waals surface area contributed by atoms with Crippen molar-refractivity contribution in [2.75, 3.05) is 0 Å². The summed E-state index contributed by atoms with van der Waals surface area (Å²) in [5.74, 6) is -0.906. The fourth-order valence-electron chi connectivity index (χ4n) is 2.83. The molecule has 3 rings (SSSR count). The standard InChI is InChI=1S/C15H14N2O3/c1-17-5-4-10-6-9(8-18)7-12(14(10)17)11-2-3-13(19)16-15(11)20/h4-8,11H,2-3H2,1H3,(H,16,19,20). The highest BCUT2D eigenvalue weighted by Gasteiger charge is 2.30. The Bertz CT molecular complexity index is 730. The number of hydrogen-bond donors (Lipinski definition) is 1. The number of benzene rings is 1. The normalized spacial score (nSPS) is 19.1. The van der Waals surface area contributed by atoms with E-state index in [1.807, 2.05) is 23.9 Å². The van der Waals surface area contributed by atoms with Crippen LogP contribution in [0.1, 0.15) is 34.7 Å². The second-order valence-electron chi connectivity index (χ2n) is 5.10. The Labute approximate surface area is 115 Å². The van der Waals surface area contributed by atoms with E-state index in [0.717, 1.165) is 22.8 Å². The number of aryl methyl sites for hydroxylation is 1. The number of nitrogens with one attached hydrogen (secondary N) is 1. The molecule has 0 aliphatic carbocycles. The highest BCUT2D eigenvalue weighted by Crippen LogP contribution is 2.32. The largest absolute Gasteiger partial charge is 0.350 e. The van der Waals surface area contributed by atoms with Crippen molar-refractivity contribution in [3.63, 3.8) is 0 Å². The van der Waals surface area contributed by atoms with Gasteiger partial charge in [0.15, 0.2) is 0 Å². The minimum atomic E-state index is -0.385. The summed E-state index contributed by atoms with van der Waals surface area (Å²) in [4.78, 5) is 34.4. The lowest BCUT2D eigenvalue weighted by molar-refractivity contribution is -0.134. The van der Waals surface area contributed by atoms with Crippen molar-refractivity contribution in [3.8, 4) is 0 Å². The van der Waals surface area contributed by atoms with Gasteiger partial charge >= 0.3 is 0 Å². The van der Waals surface area contributed by atoms with Crippen molar-refractivity contribution in [1.82, 2.24) is 9.88 Å². The monoisotopic (exact) mass is 270 g/mol. The Kier molecular flexibility index (Phi) is 2.89. The van der Waals surface area contributed by atoms with Gasteiger partial charge in [0.25, 0.3) is 0 Å². The summed E-state index contributed by atoms with van der Waals surface area (Å²) in [6.07, 6.45) is 3.48. The van der Waals surface area contributed by atoms with Gasteiger partial charge in [0.2, 0.25) is 11.8 Å². The van der Waals surface area contributed by atoms with Crippen LogP contribution in [0.3, 0.4) is 0 Å². The molecule has 2 aromatic rings. The second kappa shape index (κ2) is 4.59. The number of fused-ring (bicyclic) bond motifs is 1. The third kappa shape index (κ3) is 1.91. The van der Waals surface area contributed by atoms with Crippen LogP contribution in [0.25, 0.3) is 10.9 Å². The molecule has 0 radical (unpaired) electrons. The summed E-state index contributed by atoms with van der Waals surface area (Å²) in [7, 11) is 1.90. The van der Waals surface area contributed by atoms with E-state index in [2.05, 4.69) is 5.32 Å². The molecule has 5 nitrogen and oxygen atoms in total. The van der Waals surface area contributed by atoms with Crippen LogP contribution in [0.15, 0.2) is 24.4 Å². The van der Waals surface area contributed by atoms with Crippen LogP contribution in [-0.4, -0.2) is 22.7 Å². The van der Waals surface area contributed by atoms with Gasteiger partial charge in [0, 0.05) is 30.6 Å². The van der Waals surface area contributed by atoms with Gasteiger partial charge in [-0.3, -0.25) is 19.7 Å². The topological polar surface area (TPSA) is 68.2 Å². The molecule has 1 unspecified atom stereocenters. The quantitative estimate of drug-likeness (QED) is 0.664. The average molecular weight is 270 g/mol. The molecule has 1 aliphatic rings. The molecule has 1 fully saturated rings. The minimum absolute atomic E-state index is 0.235. The lowest BCUT2D eigenvalue weighted by atomic mass is 9.88. The minimum Gasteiger partial charge on any atom is -0.350 e. The van der Waals surface area contributed by atoms with Crippen LogP contribution in [0.4, 0.5) is 0 Å². The first kappa shape index (κ1) is 12.6. The number of hydrogen-bond acceptors (Lipinski definition) is 3. The van der Waals surface area contributed by atoms with Crippen molar-refractivity contribution in [2.24, 2.45) is 7.05 Å². The SMILES string of the molecule is Cn1ccc2cc(C=O)cc(C3CCC(=O)NC3=O)c21. The van der Waals surface area contributed by atoms with E-state index < -0.39 is 0 Å². The molecule has 0 bridgehead atoms. The molecular weight excluding hydrogens is 256 g/mol. The molecule has 1 saturated heterocycles. The van der Waals surface area contributed by atoms with Crippen LogP contribution in [0.5, 0.6) is 0 Å². The van der Waals surface area contributed by atoms with Crippen LogP contribution >= 0.6 is 0 Å². The smallest absolute Gasteiger partial charge is 0.234 e. The van der Waals surface area contributed by atoms with E-state index >= 15 is 0 Å². The zero-order valence-corrected chi connectivity index (χ0v) is 11.1. The number of amides is 2. The van der Waals surface area contributed by atoms with E-state index in [1.165, 1.54) is 0 Å². The first-order valence-electron chi connectivity index (χ1n) is 6.48. The first-order valence-corrected chi connectivity index (χ1v) is 6.48. The van der Waals surface area contributed by atoms with Crippen molar-refractivity contribution < 1.29 is 14.4 Å². The maximum Gasteiger partial charge on any atom is 0.234 e.